The summed E-state index contributed by atoms with van der Waals surface area (Å²) in [4.78, 5) is 17.1. The summed E-state index contributed by atoms with van der Waals surface area (Å²) in [7, 11) is 1.64. The number of ether oxygens (including phenoxy) is 1. The fourth-order valence-electron chi connectivity index (χ4n) is 2.62. The normalized spacial score (nSPS) is 17.4. The van der Waals surface area contributed by atoms with E-state index in [1.807, 2.05) is 0 Å². The summed E-state index contributed by atoms with van der Waals surface area (Å²) < 4.78 is 4.97. The van der Waals surface area contributed by atoms with Gasteiger partial charge in [0.1, 0.15) is 10.7 Å². The Morgan fingerprint density at radius 1 is 1.43 bits per heavy atom. The van der Waals surface area contributed by atoms with Gasteiger partial charge in [-0.3, -0.25) is 4.79 Å². The second-order valence-electron chi connectivity index (χ2n) is 5.73. The molecule has 21 heavy (non-hydrogen) atoms. The van der Waals surface area contributed by atoms with Crippen LogP contribution >= 0.6 is 11.3 Å². The zero-order valence-electron chi connectivity index (χ0n) is 12.7. The van der Waals surface area contributed by atoms with Crippen molar-refractivity contribution < 1.29 is 9.53 Å². The van der Waals surface area contributed by atoms with Crippen LogP contribution in [0.1, 0.15) is 48.7 Å². The first-order valence-corrected chi connectivity index (χ1v) is 8.17. The number of hydrogen-bond acceptors (Lipinski definition) is 6. The van der Waals surface area contributed by atoms with Crippen LogP contribution in [0.25, 0.3) is 0 Å². The van der Waals surface area contributed by atoms with Gasteiger partial charge in [0, 0.05) is 19.2 Å². The van der Waals surface area contributed by atoms with Crippen molar-refractivity contribution in [2.75, 3.05) is 31.3 Å². The first kappa shape index (κ1) is 16.0. The minimum absolute atomic E-state index is 0.116. The van der Waals surface area contributed by atoms with Crippen molar-refractivity contribution in [3.63, 3.8) is 0 Å². The van der Waals surface area contributed by atoms with Crippen LogP contribution in [0.15, 0.2) is 0 Å². The molecule has 0 saturated heterocycles. The second kappa shape index (κ2) is 7.09. The number of carbonyl (C=O) groups is 1. The van der Waals surface area contributed by atoms with Crippen molar-refractivity contribution >= 4 is 28.2 Å². The molecule has 1 heterocycles. The van der Waals surface area contributed by atoms with Gasteiger partial charge in [0.15, 0.2) is 5.13 Å². The second-order valence-corrected chi connectivity index (χ2v) is 6.73. The van der Waals surface area contributed by atoms with E-state index in [-0.39, 0.29) is 17.3 Å². The fourth-order valence-corrected chi connectivity index (χ4v) is 3.42. The minimum Gasteiger partial charge on any atom is -0.383 e. The molecule has 0 aromatic carbocycles. The Balaban J connectivity index is 1.98. The summed E-state index contributed by atoms with van der Waals surface area (Å²) in [6, 6.07) is 0. The van der Waals surface area contributed by atoms with Crippen LogP contribution in [0.3, 0.4) is 0 Å². The molecule has 4 N–H and O–H groups in total. The third kappa shape index (κ3) is 4.31. The van der Waals surface area contributed by atoms with E-state index in [1.54, 1.807) is 7.11 Å². The maximum atomic E-state index is 12.4. The Hall–Kier alpha value is -1.34. The van der Waals surface area contributed by atoms with E-state index in [4.69, 9.17) is 10.5 Å². The lowest BCUT2D eigenvalue weighted by molar-refractivity contribution is 0.0887. The molecule has 0 atom stereocenters. The molecule has 7 heteroatoms. The first-order chi connectivity index (χ1) is 10.0. The number of anilines is 2. The highest BCUT2D eigenvalue weighted by atomic mass is 32.1. The Labute approximate surface area is 129 Å². The fraction of sp³-hybridized carbons (Fsp3) is 0.714. The molecule has 0 unspecified atom stereocenters. The smallest absolute Gasteiger partial charge is 0.265 e. The van der Waals surface area contributed by atoms with Crippen LogP contribution in [-0.2, 0) is 4.74 Å². The van der Waals surface area contributed by atoms with Crippen molar-refractivity contribution in [1.29, 1.82) is 0 Å². The molecule has 0 bridgehead atoms. The Morgan fingerprint density at radius 2 is 2.14 bits per heavy atom. The number of nitrogens with zero attached hydrogens (tertiary/aromatic N) is 1. The van der Waals surface area contributed by atoms with Gasteiger partial charge in [0.25, 0.3) is 5.91 Å². The molecule has 2 rings (SSSR count). The zero-order valence-corrected chi connectivity index (χ0v) is 13.5. The van der Waals surface area contributed by atoms with Gasteiger partial charge in [-0.1, -0.05) is 30.6 Å². The third-order valence-corrected chi connectivity index (χ3v) is 4.84. The molecule has 1 aromatic heterocycles. The summed E-state index contributed by atoms with van der Waals surface area (Å²) in [5.41, 5.74) is 5.75. The summed E-state index contributed by atoms with van der Waals surface area (Å²) in [5.74, 6) is 0.172. The van der Waals surface area contributed by atoms with Crippen LogP contribution in [0.4, 0.5) is 10.9 Å². The maximum absolute atomic E-state index is 12.4. The molecule has 118 valence electrons. The van der Waals surface area contributed by atoms with Gasteiger partial charge in [-0.25, -0.2) is 4.98 Å². The number of nitrogens with two attached hydrogens (primary N) is 1. The lowest BCUT2D eigenvalue weighted by Gasteiger charge is -2.34. The quantitative estimate of drug-likeness (QED) is 0.701. The number of methoxy groups -OCH3 is 1. The van der Waals surface area contributed by atoms with Crippen molar-refractivity contribution in [2.24, 2.45) is 0 Å². The topological polar surface area (TPSA) is 89.3 Å². The Kier molecular flexibility index (Phi) is 5.41. The van der Waals surface area contributed by atoms with Gasteiger partial charge in [-0.15, -0.1) is 0 Å². The molecule has 0 aliphatic heterocycles. The number of thiazole rings is 1. The van der Waals surface area contributed by atoms with Crippen LogP contribution in [-0.4, -0.2) is 36.7 Å². The number of nitrogens with one attached hydrogen (secondary N) is 2. The van der Waals surface area contributed by atoms with Gasteiger partial charge < -0.3 is 21.1 Å². The zero-order chi connectivity index (χ0) is 15.3. The van der Waals surface area contributed by atoms with E-state index in [9.17, 15) is 4.79 Å². The largest absolute Gasteiger partial charge is 0.383 e. The molecule has 6 nitrogen and oxygen atoms in total. The third-order valence-electron chi connectivity index (χ3n) is 3.81. The van der Waals surface area contributed by atoms with E-state index < -0.39 is 0 Å². The van der Waals surface area contributed by atoms with Crippen LogP contribution in [0.2, 0.25) is 0 Å². The molecule has 0 radical (unpaired) electrons. The molecular weight excluding hydrogens is 288 g/mol. The van der Waals surface area contributed by atoms with Crippen molar-refractivity contribution in [2.45, 2.75) is 44.6 Å². The van der Waals surface area contributed by atoms with Gasteiger partial charge in [-0.05, 0) is 19.8 Å². The van der Waals surface area contributed by atoms with Gasteiger partial charge in [0.05, 0.1) is 6.61 Å². The molecule has 1 amide bonds. The minimum atomic E-state index is -0.116. The summed E-state index contributed by atoms with van der Waals surface area (Å²) in [6.45, 7) is 3.33. The van der Waals surface area contributed by atoms with E-state index in [0.29, 0.717) is 23.2 Å². The molecule has 1 saturated carbocycles. The number of carbonyl (C=O) groups excluding carboxylic acids is 1. The summed E-state index contributed by atoms with van der Waals surface area (Å²) >= 11 is 1.29. The van der Waals surface area contributed by atoms with Crippen molar-refractivity contribution in [3.05, 3.63) is 4.88 Å². The SMILES string of the molecule is COCCNc1nc(N)c(C(=O)NC2(C)CCCCC2)s1. The van der Waals surface area contributed by atoms with Crippen LogP contribution in [0, 0.1) is 0 Å². The van der Waals surface area contributed by atoms with Crippen molar-refractivity contribution in [3.8, 4) is 0 Å². The van der Waals surface area contributed by atoms with Crippen LogP contribution < -0.4 is 16.4 Å². The van der Waals surface area contributed by atoms with E-state index in [2.05, 4.69) is 22.5 Å². The maximum Gasteiger partial charge on any atom is 0.265 e. The van der Waals surface area contributed by atoms with Gasteiger partial charge >= 0.3 is 0 Å². The average Bonchev–Trinajstić information content (AvgIpc) is 2.81. The standard InChI is InChI=1S/C14H24N4O2S/c1-14(6-4-3-5-7-14)18-12(19)10-11(15)17-13(21-10)16-8-9-20-2/h3-9,15H2,1-2H3,(H,16,17)(H,18,19). The van der Waals surface area contributed by atoms with Crippen LogP contribution in [0.5, 0.6) is 0 Å². The monoisotopic (exact) mass is 312 g/mol. The summed E-state index contributed by atoms with van der Waals surface area (Å²) in [5, 5.41) is 6.89. The number of nitrogen functional groups attached to an aromatic ring is 1. The highest BCUT2D eigenvalue weighted by Crippen LogP contribution is 2.30. The summed E-state index contributed by atoms with van der Waals surface area (Å²) in [6.07, 6.45) is 5.63. The van der Waals surface area contributed by atoms with E-state index in [1.165, 1.54) is 30.6 Å². The Morgan fingerprint density at radius 3 is 2.81 bits per heavy atom. The van der Waals surface area contributed by atoms with Crippen molar-refractivity contribution in [1.82, 2.24) is 10.3 Å². The highest BCUT2D eigenvalue weighted by Gasteiger charge is 2.30. The van der Waals surface area contributed by atoms with Gasteiger partial charge in [-0.2, -0.15) is 0 Å². The average molecular weight is 312 g/mol. The number of aromatic nitrogens is 1. The molecular formula is C14H24N4O2S. The predicted octanol–water partition coefficient (Wildman–Crippen LogP) is 2.24. The first-order valence-electron chi connectivity index (χ1n) is 7.36. The molecule has 1 aromatic rings. The molecule has 1 aliphatic carbocycles. The molecule has 1 aliphatic rings. The Bertz CT molecular complexity index is 483. The molecule has 0 spiro atoms. The number of hydrogen-bond donors (Lipinski definition) is 3. The van der Waals surface area contributed by atoms with E-state index >= 15 is 0 Å². The highest BCUT2D eigenvalue weighted by molar-refractivity contribution is 7.18. The van der Waals surface area contributed by atoms with E-state index in [0.717, 1.165) is 12.8 Å². The lowest BCUT2D eigenvalue weighted by atomic mass is 9.83. The predicted molar refractivity (Wildman–Crippen MR) is 85.8 cm³/mol. The number of rotatable bonds is 6. The lowest BCUT2D eigenvalue weighted by Crippen LogP contribution is -2.47. The molecule has 1 fully saturated rings. The number of amides is 1. The van der Waals surface area contributed by atoms with Gasteiger partial charge in [0.2, 0.25) is 0 Å².